The summed E-state index contributed by atoms with van der Waals surface area (Å²) in [5, 5.41) is 0.595. The van der Waals surface area contributed by atoms with Gasteiger partial charge in [-0.1, -0.05) is 25.2 Å². The molecule has 4 rings (SSSR count). The van der Waals surface area contributed by atoms with Crippen LogP contribution in [0.2, 0.25) is 0 Å². The van der Waals surface area contributed by atoms with E-state index in [-0.39, 0.29) is 10.8 Å². The zero-order valence-corrected chi connectivity index (χ0v) is 23.1. The van der Waals surface area contributed by atoms with Crippen molar-refractivity contribution >= 4 is 42.6 Å². The minimum absolute atomic E-state index is 0.215. The summed E-state index contributed by atoms with van der Waals surface area (Å²) >= 11 is 1.43. The number of carbonyl (C=O) groups is 1. The largest absolute Gasteiger partial charge is 0.497 e. The molecule has 2 aromatic carbocycles. The highest BCUT2D eigenvalue weighted by Crippen LogP contribution is 2.32. The van der Waals surface area contributed by atoms with Crippen molar-refractivity contribution in [3.63, 3.8) is 0 Å². The van der Waals surface area contributed by atoms with Crippen LogP contribution in [-0.2, 0) is 10.0 Å². The van der Waals surface area contributed by atoms with Gasteiger partial charge in [-0.2, -0.15) is 4.31 Å². The maximum Gasteiger partial charge on any atom is 0.260 e. The number of carbonyl (C=O) groups excluding carboxylic acids is 1. The van der Waals surface area contributed by atoms with Gasteiger partial charge in [0.25, 0.3) is 5.91 Å². The van der Waals surface area contributed by atoms with E-state index in [0.717, 1.165) is 22.4 Å². The van der Waals surface area contributed by atoms with Gasteiger partial charge < -0.3 is 9.64 Å². The van der Waals surface area contributed by atoms with E-state index in [0.29, 0.717) is 48.7 Å². The highest BCUT2D eigenvalue weighted by molar-refractivity contribution is 7.89. The molecule has 36 heavy (non-hydrogen) atoms. The summed E-state index contributed by atoms with van der Waals surface area (Å²) < 4.78 is 34.3. The molecule has 8 nitrogen and oxygen atoms in total. The van der Waals surface area contributed by atoms with E-state index in [4.69, 9.17) is 9.72 Å². The van der Waals surface area contributed by atoms with E-state index >= 15 is 0 Å². The van der Waals surface area contributed by atoms with E-state index in [1.807, 2.05) is 37.2 Å². The molecule has 0 N–H and O–H groups in total. The Morgan fingerprint density at radius 1 is 1.08 bits per heavy atom. The number of ether oxygens (including phenoxy) is 1. The first-order chi connectivity index (χ1) is 17.1. The van der Waals surface area contributed by atoms with Gasteiger partial charge in [0.05, 0.1) is 22.2 Å². The smallest absolute Gasteiger partial charge is 0.260 e. The van der Waals surface area contributed by atoms with Crippen LogP contribution >= 0.6 is 11.3 Å². The summed E-state index contributed by atoms with van der Waals surface area (Å²) in [6.45, 7) is 6.32. The minimum Gasteiger partial charge on any atom is -0.497 e. The maximum absolute atomic E-state index is 13.6. The third kappa shape index (κ3) is 5.72. The predicted octanol–water partition coefficient (Wildman–Crippen LogP) is 4.18. The molecule has 1 aliphatic heterocycles. The molecule has 1 aromatic heterocycles. The average molecular weight is 531 g/mol. The van der Waals surface area contributed by atoms with Crippen LogP contribution in [0, 0.1) is 11.8 Å². The minimum atomic E-state index is -3.61. The first-order valence-electron chi connectivity index (χ1n) is 12.1. The number of anilines is 1. The van der Waals surface area contributed by atoms with Crippen LogP contribution in [-0.4, -0.2) is 75.9 Å². The Morgan fingerprint density at radius 2 is 1.75 bits per heavy atom. The molecular weight excluding hydrogens is 496 g/mol. The number of methoxy groups -OCH3 is 1. The zero-order chi connectivity index (χ0) is 26.0. The van der Waals surface area contributed by atoms with E-state index in [2.05, 4.69) is 13.8 Å². The second kappa shape index (κ2) is 10.8. The number of rotatable bonds is 8. The van der Waals surface area contributed by atoms with Crippen molar-refractivity contribution in [3.8, 4) is 5.75 Å². The van der Waals surface area contributed by atoms with Gasteiger partial charge in [0.1, 0.15) is 5.75 Å². The topological polar surface area (TPSA) is 83.0 Å². The van der Waals surface area contributed by atoms with E-state index in [1.54, 1.807) is 40.6 Å². The number of amides is 1. The molecule has 1 saturated heterocycles. The van der Waals surface area contributed by atoms with Gasteiger partial charge in [-0.3, -0.25) is 9.69 Å². The van der Waals surface area contributed by atoms with Gasteiger partial charge in [-0.25, -0.2) is 13.4 Å². The quantitative estimate of drug-likeness (QED) is 0.435. The Hall–Kier alpha value is -2.53. The van der Waals surface area contributed by atoms with E-state index in [1.165, 1.54) is 11.3 Å². The van der Waals surface area contributed by atoms with Crippen molar-refractivity contribution in [3.05, 3.63) is 48.0 Å². The van der Waals surface area contributed by atoms with Crippen molar-refractivity contribution in [2.24, 2.45) is 11.8 Å². The lowest BCUT2D eigenvalue weighted by molar-refractivity contribution is 0.0985. The highest BCUT2D eigenvalue weighted by Gasteiger charge is 2.32. The molecule has 0 spiro atoms. The Kier molecular flexibility index (Phi) is 7.99. The van der Waals surface area contributed by atoms with Gasteiger partial charge in [-0.05, 0) is 74.8 Å². The Bertz CT molecular complexity index is 1310. The Morgan fingerprint density at radius 3 is 2.36 bits per heavy atom. The molecule has 2 atom stereocenters. The van der Waals surface area contributed by atoms with E-state index < -0.39 is 10.0 Å². The normalized spacial score (nSPS) is 19.1. The van der Waals surface area contributed by atoms with Crippen molar-refractivity contribution < 1.29 is 17.9 Å². The lowest BCUT2D eigenvalue weighted by Crippen LogP contribution is -2.42. The summed E-state index contributed by atoms with van der Waals surface area (Å²) in [4.78, 5) is 22.2. The van der Waals surface area contributed by atoms with Crippen LogP contribution in [0.1, 0.15) is 30.6 Å². The monoisotopic (exact) mass is 530 g/mol. The Labute approximate surface area is 217 Å². The lowest BCUT2D eigenvalue weighted by atomic mass is 9.94. The number of hydrogen-bond acceptors (Lipinski definition) is 7. The van der Waals surface area contributed by atoms with Gasteiger partial charge in [-0.15, -0.1) is 0 Å². The number of thiazole rings is 1. The fourth-order valence-electron chi connectivity index (χ4n) is 4.60. The second-order valence-electron chi connectivity index (χ2n) is 9.88. The molecule has 0 saturated carbocycles. The zero-order valence-electron chi connectivity index (χ0n) is 21.5. The number of nitrogens with zero attached hydrogens (tertiary/aromatic N) is 4. The Balaban J connectivity index is 1.61. The molecular formula is C26H34N4O4S2. The fraction of sp³-hybridized carbons (Fsp3) is 0.462. The molecule has 0 aliphatic carbocycles. The van der Waals surface area contributed by atoms with Crippen LogP contribution in [0.5, 0.6) is 5.75 Å². The van der Waals surface area contributed by atoms with Gasteiger partial charge in [0.2, 0.25) is 10.0 Å². The summed E-state index contributed by atoms with van der Waals surface area (Å²) in [5.41, 5.74) is 1.22. The van der Waals surface area contributed by atoms with Gasteiger partial charge >= 0.3 is 0 Å². The van der Waals surface area contributed by atoms with Gasteiger partial charge in [0, 0.05) is 31.7 Å². The number of likely N-dealkylation sites (N-methyl/N-ethyl adjacent to an activating group) is 1. The van der Waals surface area contributed by atoms with Crippen molar-refractivity contribution in [1.29, 1.82) is 0 Å². The van der Waals surface area contributed by atoms with Crippen molar-refractivity contribution in [2.45, 2.75) is 25.2 Å². The van der Waals surface area contributed by atoms with Crippen LogP contribution in [0.4, 0.5) is 5.13 Å². The lowest BCUT2D eigenvalue weighted by Gasteiger charge is -2.34. The summed E-state index contributed by atoms with van der Waals surface area (Å²) in [5.74, 6) is 1.16. The predicted molar refractivity (Wildman–Crippen MR) is 145 cm³/mol. The number of fused-ring (bicyclic) bond motifs is 1. The standard InChI is InChI=1S/C26H34N4O4S2/c1-18-14-19(2)17-29(16-18)36(32,33)22-9-6-20(7-10-22)25(31)30(13-12-28(3)4)26-27-23-11-8-21(34-5)15-24(23)35-26/h6-11,15,18-19H,12-14,16-17H2,1-5H3. The molecule has 0 bridgehead atoms. The molecule has 3 aromatic rings. The number of piperidine rings is 1. The van der Waals surface area contributed by atoms with Crippen LogP contribution in [0.25, 0.3) is 10.2 Å². The molecule has 1 amide bonds. The number of aromatic nitrogens is 1. The van der Waals surface area contributed by atoms with Crippen LogP contribution in [0.3, 0.4) is 0 Å². The molecule has 0 radical (unpaired) electrons. The van der Waals surface area contributed by atoms with Crippen LogP contribution in [0.15, 0.2) is 47.4 Å². The van der Waals surface area contributed by atoms with Crippen molar-refractivity contribution in [1.82, 2.24) is 14.2 Å². The summed E-state index contributed by atoms with van der Waals surface area (Å²) in [7, 11) is 1.91. The second-order valence-corrected chi connectivity index (χ2v) is 12.8. The highest BCUT2D eigenvalue weighted by atomic mass is 32.2. The molecule has 194 valence electrons. The maximum atomic E-state index is 13.6. The first-order valence-corrected chi connectivity index (χ1v) is 14.4. The molecule has 1 fully saturated rings. The fourth-order valence-corrected chi connectivity index (χ4v) is 7.29. The number of hydrogen-bond donors (Lipinski definition) is 0. The van der Waals surface area contributed by atoms with Gasteiger partial charge in [0.15, 0.2) is 5.13 Å². The number of benzene rings is 2. The molecule has 1 aliphatic rings. The average Bonchev–Trinajstić information content (AvgIpc) is 3.26. The summed E-state index contributed by atoms with van der Waals surface area (Å²) in [6, 6.07) is 11.9. The summed E-state index contributed by atoms with van der Waals surface area (Å²) in [6.07, 6.45) is 1.03. The third-order valence-corrected chi connectivity index (χ3v) is 9.29. The number of sulfonamides is 1. The molecule has 10 heteroatoms. The first kappa shape index (κ1) is 26.5. The third-order valence-electron chi connectivity index (χ3n) is 6.41. The molecule has 2 heterocycles. The van der Waals surface area contributed by atoms with Crippen molar-refractivity contribution in [2.75, 3.05) is 52.3 Å². The van der Waals surface area contributed by atoms with E-state index in [9.17, 15) is 13.2 Å². The molecule has 2 unspecified atom stereocenters. The SMILES string of the molecule is COc1ccc2nc(N(CCN(C)C)C(=O)c3ccc(S(=O)(=O)N4CC(C)CC(C)C4)cc3)sc2c1. The van der Waals surface area contributed by atoms with Crippen LogP contribution < -0.4 is 9.64 Å².